The van der Waals surface area contributed by atoms with Gasteiger partial charge in [-0.25, -0.2) is 9.78 Å². The molecule has 0 spiro atoms. The number of hydrogen-bond acceptors (Lipinski definition) is 6. The lowest BCUT2D eigenvalue weighted by Crippen LogP contribution is -2.32. The van der Waals surface area contributed by atoms with Crippen molar-refractivity contribution in [3.8, 4) is 11.3 Å². The van der Waals surface area contributed by atoms with Gasteiger partial charge >= 0.3 is 5.69 Å². The maximum absolute atomic E-state index is 11.9. The first-order valence-corrected chi connectivity index (χ1v) is 7.28. The Morgan fingerprint density at radius 2 is 2.20 bits per heavy atom. The van der Waals surface area contributed by atoms with Crippen molar-refractivity contribution in [3.05, 3.63) is 26.2 Å². The molecule has 2 rings (SSSR count). The fourth-order valence-electron chi connectivity index (χ4n) is 1.85. The van der Waals surface area contributed by atoms with Crippen LogP contribution in [0.5, 0.6) is 0 Å². The first-order chi connectivity index (χ1) is 9.58. The molecule has 0 amide bonds. The van der Waals surface area contributed by atoms with Crippen LogP contribution in [0.4, 0.5) is 10.9 Å². The van der Waals surface area contributed by atoms with Gasteiger partial charge in [0.15, 0.2) is 5.13 Å². The van der Waals surface area contributed by atoms with Crippen LogP contribution in [-0.2, 0) is 6.54 Å². The Hall–Kier alpha value is -2.09. The summed E-state index contributed by atoms with van der Waals surface area (Å²) in [6.07, 6.45) is 0.984. The zero-order valence-corrected chi connectivity index (χ0v) is 12.2. The van der Waals surface area contributed by atoms with E-state index in [0.717, 1.165) is 18.1 Å². The zero-order valence-electron chi connectivity index (χ0n) is 11.4. The molecule has 2 heterocycles. The van der Waals surface area contributed by atoms with E-state index in [9.17, 15) is 9.59 Å². The summed E-state index contributed by atoms with van der Waals surface area (Å²) in [5.74, 6) is 0.147. The third-order valence-corrected chi connectivity index (χ3v) is 3.64. The largest absolute Gasteiger partial charge is 0.384 e. The number of hydrogen-bond donors (Lipinski definition) is 3. The Balaban J connectivity index is 2.50. The Labute approximate surface area is 119 Å². The fraction of sp³-hybridized carbons (Fsp3) is 0.417. The Kier molecular flexibility index (Phi) is 4.23. The number of nitrogens with one attached hydrogen (secondary N) is 2. The van der Waals surface area contributed by atoms with Crippen LogP contribution in [0, 0.1) is 0 Å². The van der Waals surface area contributed by atoms with Gasteiger partial charge in [-0.3, -0.25) is 14.3 Å². The summed E-state index contributed by atoms with van der Waals surface area (Å²) in [6, 6.07) is 0. The summed E-state index contributed by atoms with van der Waals surface area (Å²) in [5, 5.41) is 5.63. The summed E-state index contributed by atoms with van der Waals surface area (Å²) in [7, 11) is 0. The lowest BCUT2D eigenvalue weighted by molar-refractivity contribution is 0.706. The van der Waals surface area contributed by atoms with Crippen LogP contribution < -0.4 is 22.3 Å². The van der Waals surface area contributed by atoms with E-state index in [1.807, 2.05) is 0 Å². The smallest absolute Gasteiger partial charge is 0.329 e. The molecular weight excluding hydrogens is 278 g/mol. The minimum Gasteiger partial charge on any atom is -0.384 e. The third kappa shape index (κ3) is 2.60. The van der Waals surface area contributed by atoms with Crippen LogP contribution in [0.25, 0.3) is 11.3 Å². The highest BCUT2D eigenvalue weighted by Gasteiger charge is 2.16. The first-order valence-electron chi connectivity index (χ1n) is 6.40. The number of nitrogens with two attached hydrogens (primary N) is 1. The summed E-state index contributed by atoms with van der Waals surface area (Å²) in [5.41, 5.74) is 5.64. The summed E-state index contributed by atoms with van der Waals surface area (Å²) in [6.45, 7) is 5.04. The predicted molar refractivity (Wildman–Crippen MR) is 81.3 cm³/mol. The van der Waals surface area contributed by atoms with E-state index in [0.29, 0.717) is 12.2 Å². The highest BCUT2D eigenvalue weighted by molar-refractivity contribution is 7.14. The SMILES string of the molecule is CCCNc1nc(-c2c(N)n(CC)c(=O)[nH]c2=O)cs1. The van der Waals surface area contributed by atoms with Gasteiger partial charge in [0.1, 0.15) is 11.4 Å². The molecule has 8 heteroatoms. The standard InChI is InChI=1S/C12H17N5O2S/c1-3-5-14-11-15-7(6-20-11)8-9(13)17(4-2)12(19)16-10(8)18/h6H,3-5,13H2,1-2H3,(H,14,15)(H,16,18,19). The van der Waals surface area contributed by atoms with E-state index in [4.69, 9.17) is 5.73 Å². The van der Waals surface area contributed by atoms with Gasteiger partial charge in [0.2, 0.25) is 0 Å². The van der Waals surface area contributed by atoms with Crippen LogP contribution >= 0.6 is 11.3 Å². The van der Waals surface area contributed by atoms with E-state index >= 15 is 0 Å². The molecule has 0 radical (unpaired) electrons. The molecule has 0 aromatic carbocycles. The summed E-state index contributed by atoms with van der Waals surface area (Å²) >= 11 is 1.40. The zero-order chi connectivity index (χ0) is 14.7. The Morgan fingerprint density at radius 3 is 2.85 bits per heavy atom. The quantitative estimate of drug-likeness (QED) is 0.765. The van der Waals surface area contributed by atoms with Crippen LogP contribution in [-0.4, -0.2) is 21.1 Å². The molecule has 4 N–H and O–H groups in total. The molecule has 0 saturated heterocycles. The molecule has 2 aromatic rings. The van der Waals surface area contributed by atoms with Crippen molar-refractivity contribution in [2.75, 3.05) is 17.6 Å². The molecule has 108 valence electrons. The number of nitrogens with zero attached hydrogens (tertiary/aromatic N) is 2. The van der Waals surface area contributed by atoms with Crippen molar-refractivity contribution in [3.63, 3.8) is 0 Å². The minimum absolute atomic E-state index is 0.147. The van der Waals surface area contributed by atoms with Crippen molar-refractivity contribution in [2.45, 2.75) is 26.8 Å². The molecular formula is C12H17N5O2S. The van der Waals surface area contributed by atoms with E-state index < -0.39 is 11.2 Å². The number of aromatic nitrogens is 3. The van der Waals surface area contributed by atoms with Crippen molar-refractivity contribution < 1.29 is 0 Å². The number of rotatable bonds is 5. The lowest BCUT2D eigenvalue weighted by atomic mass is 10.2. The topological polar surface area (TPSA) is 106 Å². The van der Waals surface area contributed by atoms with Crippen LogP contribution in [0.1, 0.15) is 20.3 Å². The summed E-state index contributed by atoms with van der Waals surface area (Å²) < 4.78 is 1.31. The average molecular weight is 295 g/mol. The molecule has 0 saturated carbocycles. The van der Waals surface area contributed by atoms with Gasteiger partial charge in [-0.15, -0.1) is 11.3 Å². The highest BCUT2D eigenvalue weighted by atomic mass is 32.1. The molecule has 0 atom stereocenters. The van der Waals surface area contributed by atoms with Crippen LogP contribution in [0.3, 0.4) is 0 Å². The Morgan fingerprint density at radius 1 is 1.45 bits per heavy atom. The van der Waals surface area contributed by atoms with Gasteiger partial charge in [-0.05, 0) is 13.3 Å². The molecule has 0 fully saturated rings. The van der Waals surface area contributed by atoms with Crippen molar-refractivity contribution >= 4 is 22.3 Å². The molecule has 0 aliphatic carbocycles. The van der Waals surface area contributed by atoms with Gasteiger partial charge in [0, 0.05) is 18.5 Å². The van der Waals surface area contributed by atoms with E-state index in [1.165, 1.54) is 15.9 Å². The Bertz CT molecular complexity index is 715. The number of nitrogen functional groups attached to an aromatic ring is 1. The van der Waals surface area contributed by atoms with Gasteiger partial charge in [0.05, 0.1) is 5.69 Å². The van der Waals surface area contributed by atoms with Crippen molar-refractivity contribution in [1.82, 2.24) is 14.5 Å². The van der Waals surface area contributed by atoms with Crippen molar-refractivity contribution in [2.24, 2.45) is 0 Å². The number of anilines is 2. The number of H-pyrrole nitrogens is 1. The van der Waals surface area contributed by atoms with E-state index in [1.54, 1.807) is 12.3 Å². The van der Waals surface area contributed by atoms with Gasteiger partial charge < -0.3 is 11.1 Å². The van der Waals surface area contributed by atoms with Crippen molar-refractivity contribution in [1.29, 1.82) is 0 Å². The molecule has 2 aromatic heterocycles. The molecule has 7 nitrogen and oxygen atoms in total. The second-order valence-electron chi connectivity index (χ2n) is 4.23. The summed E-state index contributed by atoms with van der Waals surface area (Å²) in [4.78, 5) is 30.2. The van der Waals surface area contributed by atoms with Gasteiger partial charge in [-0.1, -0.05) is 6.92 Å². The lowest BCUT2D eigenvalue weighted by Gasteiger charge is -2.08. The normalized spacial score (nSPS) is 10.7. The predicted octanol–water partition coefficient (Wildman–Crippen LogP) is 1.08. The average Bonchev–Trinajstić information content (AvgIpc) is 2.85. The highest BCUT2D eigenvalue weighted by Crippen LogP contribution is 2.25. The molecule has 0 unspecified atom stereocenters. The molecule has 0 aliphatic heterocycles. The van der Waals surface area contributed by atoms with Gasteiger partial charge in [-0.2, -0.15) is 0 Å². The number of thiazole rings is 1. The maximum atomic E-state index is 11.9. The molecule has 0 bridgehead atoms. The second-order valence-corrected chi connectivity index (χ2v) is 5.09. The van der Waals surface area contributed by atoms with E-state index in [-0.39, 0.29) is 11.4 Å². The number of aromatic amines is 1. The van der Waals surface area contributed by atoms with Gasteiger partial charge in [0.25, 0.3) is 5.56 Å². The van der Waals surface area contributed by atoms with E-state index in [2.05, 4.69) is 22.2 Å². The third-order valence-electron chi connectivity index (χ3n) is 2.84. The second kappa shape index (κ2) is 5.91. The first kappa shape index (κ1) is 14.3. The monoisotopic (exact) mass is 295 g/mol. The minimum atomic E-state index is -0.510. The van der Waals surface area contributed by atoms with Crippen LogP contribution in [0.2, 0.25) is 0 Å². The maximum Gasteiger partial charge on any atom is 0.329 e. The van der Waals surface area contributed by atoms with Crippen LogP contribution in [0.15, 0.2) is 15.0 Å². The molecule has 0 aliphatic rings. The fourth-order valence-corrected chi connectivity index (χ4v) is 2.58. The molecule has 20 heavy (non-hydrogen) atoms.